The molecule has 7 heteroatoms. The van der Waals surface area contributed by atoms with Gasteiger partial charge in [-0.2, -0.15) is 8.78 Å². The molecule has 0 spiro atoms. The third-order valence-corrected chi connectivity index (χ3v) is 3.31. The van der Waals surface area contributed by atoms with Crippen molar-refractivity contribution in [1.29, 1.82) is 0 Å². The highest BCUT2D eigenvalue weighted by Crippen LogP contribution is 2.40. The number of halogens is 3. The summed E-state index contributed by atoms with van der Waals surface area (Å²) in [7, 11) is 1.32. The second-order valence-corrected chi connectivity index (χ2v) is 4.87. The van der Waals surface area contributed by atoms with Crippen molar-refractivity contribution in [2.24, 2.45) is 0 Å². The minimum absolute atomic E-state index is 0.0810. The van der Waals surface area contributed by atoms with E-state index < -0.39 is 12.7 Å². The van der Waals surface area contributed by atoms with Crippen LogP contribution in [-0.2, 0) is 0 Å². The lowest BCUT2D eigenvalue weighted by molar-refractivity contribution is -0.0526. The number of para-hydroxylation sites is 1. The molecular weight excluding hydrogens is 316 g/mol. The van der Waals surface area contributed by atoms with E-state index in [0.29, 0.717) is 10.6 Å². The number of aliphatic hydroxyl groups excluding tert-OH is 1. The third-order valence-electron chi connectivity index (χ3n) is 3.07. The van der Waals surface area contributed by atoms with Crippen molar-refractivity contribution in [3.05, 3.63) is 52.5 Å². The summed E-state index contributed by atoms with van der Waals surface area (Å²) in [5.74, 6) is -0.163. The van der Waals surface area contributed by atoms with Gasteiger partial charge in [-0.3, -0.25) is 0 Å². The largest absolute Gasteiger partial charge is 0.493 e. The summed E-state index contributed by atoms with van der Waals surface area (Å²) in [5, 5.41) is 10.9. The van der Waals surface area contributed by atoms with E-state index >= 15 is 0 Å². The first-order valence-corrected chi connectivity index (χ1v) is 6.66. The molecule has 0 amide bonds. The second-order valence-electron chi connectivity index (χ2n) is 4.43. The molecule has 0 aliphatic rings. The first-order chi connectivity index (χ1) is 10.4. The van der Waals surface area contributed by atoms with Gasteiger partial charge in [0.05, 0.1) is 7.11 Å². The average Bonchev–Trinajstić information content (AvgIpc) is 2.48. The molecular formula is C15H14ClF2NO3. The van der Waals surface area contributed by atoms with Crippen molar-refractivity contribution < 1.29 is 23.4 Å². The van der Waals surface area contributed by atoms with E-state index in [1.165, 1.54) is 31.4 Å². The smallest absolute Gasteiger partial charge is 0.387 e. The van der Waals surface area contributed by atoms with E-state index in [1.54, 1.807) is 12.1 Å². The Morgan fingerprint density at radius 3 is 2.55 bits per heavy atom. The molecule has 1 atom stereocenters. The van der Waals surface area contributed by atoms with E-state index in [9.17, 15) is 13.9 Å². The molecule has 0 bridgehead atoms. The van der Waals surface area contributed by atoms with E-state index in [4.69, 9.17) is 22.1 Å². The Kier molecular flexibility index (Phi) is 5.05. The number of nitrogen functional groups attached to an aromatic ring is 1. The van der Waals surface area contributed by atoms with E-state index in [-0.39, 0.29) is 22.7 Å². The number of anilines is 1. The molecule has 0 radical (unpaired) electrons. The fourth-order valence-electron chi connectivity index (χ4n) is 2.07. The van der Waals surface area contributed by atoms with Gasteiger partial charge in [-0.1, -0.05) is 23.7 Å². The quantitative estimate of drug-likeness (QED) is 0.822. The van der Waals surface area contributed by atoms with Crippen LogP contribution in [0.3, 0.4) is 0 Å². The number of methoxy groups -OCH3 is 1. The Labute approximate surface area is 131 Å². The van der Waals surface area contributed by atoms with Gasteiger partial charge in [0.1, 0.15) is 6.10 Å². The topological polar surface area (TPSA) is 64.7 Å². The number of ether oxygens (including phenoxy) is 2. The predicted octanol–water partition coefficient (Wildman–Crippen LogP) is 3.61. The highest BCUT2D eigenvalue weighted by Gasteiger charge is 2.23. The number of aliphatic hydroxyl groups is 1. The van der Waals surface area contributed by atoms with Crippen molar-refractivity contribution in [2.45, 2.75) is 12.7 Å². The summed E-state index contributed by atoms with van der Waals surface area (Å²) >= 11 is 5.89. The SMILES string of the molecule is COc1cccc(C(O)c2cc(Cl)ccc2N)c1OC(F)F. The van der Waals surface area contributed by atoms with E-state index in [1.807, 2.05) is 0 Å². The molecule has 0 aromatic heterocycles. The molecule has 118 valence electrons. The summed E-state index contributed by atoms with van der Waals surface area (Å²) in [6, 6.07) is 9.01. The molecule has 2 rings (SSSR count). The fourth-order valence-corrected chi connectivity index (χ4v) is 2.25. The summed E-state index contributed by atoms with van der Waals surface area (Å²) in [5.41, 5.74) is 6.49. The van der Waals surface area contributed by atoms with Crippen LogP contribution in [0.15, 0.2) is 36.4 Å². The summed E-state index contributed by atoms with van der Waals surface area (Å²) < 4.78 is 34.7. The Balaban J connectivity index is 2.53. The van der Waals surface area contributed by atoms with Gasteiger partial charge in [0, 0.05) is 21.8 Å². The maximum Gasteiger partial charge on any atom is 0.387 e. The van der Waals surface area contributed by atoms with Crippen LogP contribution in [0.2, 0.25) is 5.02 Å². The standard InChI is InChI=1S/C15H14ClF2NO3/c1-21-12-4-2-3-9(14(12)22-15(17)18)13(20)10-7-8(16)5-6-11(10)19/h2-7,13,15,20H,19H2,1H3. The van der Waals surface area contributed by atoms with Crippen molar-refractivity contribution in [3.63, 3.8) is 0 Å². The van der Waals surface area contributed by atoms with Crippen LogP contribution >= 0.6 is 11.6 Å². The van der Waals surface area contributed by atoms with Gasteiger partial charge in [0.2, 0.25) is 0 Å². The maximum atomic E-state index is 12.6. The van der Waals surface area contributed by atoms with Crippen molar-refractivity contribution >= 4 is 17.3 Å². The van der Waals surface area contributed by atoms with Crippen LogP contribution in [0.1, 0.15) is 17.2 Å². The first kappa shape index (κ1) is 16.3. The zero-order chi connectivity index (χ0) is 16.3. The van der Waals surface area contributed by atoms with Crippen molar-refractivity contribution in [2.75, 3.05) is 12.8 Å². The van der Waals surface area contributed by atoms with Gasteiger partial charge < -0.3 is 20.3 Å². The Bertz CT molecular complexity index is 667. The fraction of sp³-hybridized carbons (Fsp3) is 0.200. The average molecular weight is 330 g/mol. The molecule has 0 aliphatic carbocycles. The highest BCUT2D eigenvalue weighted by atomic mass is 35.5. The van der Waals surface area contributed by atoms with Crippen LogP contribution in [0.5, 0.6) is 11.5 Å². The van der Waals surface area contributed by atoms with Crippen LogP contribution in [0.25, 0.3) is 0 Å². The Hall–Kier alpha value is -2.05. The number of nitrogens with two attached hydrogens (primary N) is 1. The summed E-state index contributed by atoms with van der Waals surface area (Å²) in [4.78, 5) is 0. The number of hydrogen-bond acceptors (Lipinski definition) is 4. The first-order valence-electron chi connectivity index (χ1n) is 6.28. The van der Waals surface area contributed by atoms with Crippen LogP contribution < -0.4 is 15.2 Å². The third kappa shape index (κ3) is 3.40. The molecule has 0 heterocycles. The molecule has 0 saturated heterocycles. The number of benzene rings is 2. The highest BCUT2D eigenvalue weighted by molar-refractivity contribution is 6.30. The van der Waals surface area contributed by atoms with Crippen LogP contribution in [-0.4, -0.2) is 18.8 Å². The Morgan fingerprint density at radius 2 is 1.91 bits per heavy atom. The van der Waals surface area contributed by atoms with Crippen LogP contribution in [0, 0.1) is 0 Å². The molecule has 22 heavy (non-hydrogen) atoms. The monoisotopic (exact) mass is 329 g/mol. The van der Waals surface area contributed by atoms with Gasteiger partial charge in [-0.25, -0.2) is 0 Å². The molecule has 0 aliphatic heterocycles. The molecule has 0 saturated carbocycles. The maximum absolute atomic E-state index is 12.6. The normalized spacial score (nSPS) is 12.3. The van der Waals surface area contributed by atoms with Gasteiger partial charge in [0.25, 0.3) is 0 Å². The summed E-state index contributed by atoms with van der Waals surface area (Å²) in [6.07, 6.45) is -1.29. The number of alkyl halides is 2. The van der Waals surface area contributed by atoms with E-state index in [0.717, 1.165) is 0 Å². The van der Waals surface area contributed by atoms with Crippen molar-refractivity contribution in [3.8, 4) is 11.5 Å². The zero-order valence-electron chi connectivity index (χ0n) is 11.6. The van der Waals surface area contributed by atoms with E-state index in [2.05, 4.69) is 4.74 Å². The molecule has 4 nitrogen and oxygen atoms in total. The molecule has 1 unspecified atom stereocenters. The minimum Gasteiger partial charge on any atom is -0.493 e. The van der Waals surface area contributed by atoms with Gasteiger partial charge in [0.15, 0.2) is 11.5 Å². The number of rotatable bonds is 5. The lowest BCUT2D eigenvalue weighted by Crippen LogP contribution is -2.10. The lowest BCUT2D eigenvalue weighted by atomic mass is 9.99. The lowest BCUT2D eigenvalue weighted by Gasteiger charge is -2.19. The molecule has 2 aromatic rings. The molecule has 2 aromatic carbocycles. The van der Waals surface area contributed by atoms with Gasteiger partial charge >= 0.3 is 6.61 Å². The van der Waals surface area contributed by atoms with Crippen molar-refractivity contribution in [1.82, 2.24) is 0 Å². The molecule has 3 N–H and O–H groups in total. The molecule has 0 fully saturated rings. The zero-order valence-corrected chi connectivity index (χ0v) is 12.3. The second kappa shape index (κ2) is 6.81. The Morgan fingerprint density at radius 1 is 1.18 bits per heavy atom. The summed E-state index contributed by atoms with van der Waals surface area (Å²) in [6.45, 7) is -3.06. The predicted molar refractivity (Wildman–Crippen MR) is 79.6 cm³/mol. The minimum atomic E-state index is -3.06. The van der Waals surface area contributed by atoms with Gasteiger partial charge in [-0.05, 0) is 24.3 Å². The number of hydrogen-bond donors (Lipinski definition) is 2. The van der Waals surface area contributed by atoms with Gasteiger partial charge in [-0.15, -0.1) is 0 Å². The van der Waals surface area contributed by atoms with Crippen LogP contribution in [0.4, 0.5) is 14.5 Å².